The number of hydrogen-bond acceptors (Lipinski definition) is 8. The van der Waals surface area contributed by atoms with Gasteiger partial charge in [-0.1, -0.05) is 25.7 Å². The van der Waals surface area contributed by atoms with Crippen LogP contribution in [-0.4, -0.2) is 68.5 Å². The lowest BCUT2D eigenvalue weighted by molar-refractivity contribution is -0.153. The minimum atomic E-state index is -2.64. The minimum Gasteiger partial charge on any atom is -0.508 e. The van der Waals surface area contributed by atoms with E-state index in [2.05, 4.69) is 11.8 Å². The Morgan fingerprint density at radius 1 is 1.25 bits per heavy atom. The van der Waals surface area contributed by atoms with Crippen LogP contribution in [0.4, 0.5) is 0 Å². The number of aliphatic hydroxyl groups excluding tert-OH is 2. The molecule has 3 aliphatic rings. The average Bonchev–Trinajstić information content (AvgIpc) is 2.80. The number of Topliss-reactive ketones (excluding diaryl/α,β-unsaturated/α-hetero) is 2. The number of aromatic hydroxyl groups is 1. The number of nitrogens with zero attached hydrogens (tertiary/aromatic N) is 1. The van der Waals surface area contributed by atoms with E-state index in [0.717, 1.165) is 6.42 Å². The van der Waals surface area contributed by atoms with Gasteiger partial charge in [-0.15, -0.1) is 0 Å². The van der Waals surface area contributed by atoms with Gasteiger partial charge >= 0.3 is 0 Å². The Hall–Kier alpha value is -3.61. The van der Waals surface area contributed by atoms with E-state index >= 15 is 0 Å². The Kier molecular flexibility index (Phi) is 6.23. The highest BCUT2D eigenvalue weighted by Crippen LogP contribution is 2.52. The van der Waals surface area contributed by atoms with Crippen LogP contribution in [0.2, 0.25) is 0 Å². The molecule has 190 valence electrons. The van der Waals surface area contributed by atoms with E-state index in [4.69, 9.17) is 5.73 Å². The fraction of sp³-hybridized carbons (Fsp3) is 0.444. The highest BCUT2D eigenvalue weighted by atomic mass is 16.3. The second kappa shape index (κ2) is 8.80. The Labute approximate surface area is 208 Å². The fourth-order valence-electron chi connectivity index (χ4n) is 5.66. The summed E-state index contributed by atoms with van der Waals surface area (Å²) < 4.78 is 0. The third-order valence-corrected chi connectivity index (χ3v) is 7.67. The highest BCUT2D eigenvalue weighted by Gasteiger charge is 2.64. The van der Waals surface area contributed by atoms with Crippen LogP contribution in [0.1, 0.15) is 43.4 Å². The lowest BCUT2D eigenvalue weighted by Crippen LogP contribution is -2.65. The number of phenolic OH excluding ortho intramolecular Hbond substituents is 1. The number of aliphatic hydroxyl groups is 3. The number of primary amides is 1. The number of carbonyl (C=O) groups excluding carboxylic acids is 3. The zero-order valence-corrected chi connectivity index (χ0v) is 20.6. The number of benzene rings is 1. The topological polar surface area (TPSA) is 161 Å². The molecule has 1 saturated carbocycles. The molecule has 0 heterocycles. The number of phenols is 1. The van der Waals surface area contributed by atoms with Gasteiger partial charge in [0.25, 0.3) is 5.91 Å². The van der Waals surface area contributed by atoms with Gasteiger partial charge in [0.1, 0.15) is 22.8 Å². The number of hydrogen-bond donors (Lipinski definition) is 5. The Bertz CT molecular complexity index is 1310. The summed E-state index contributed by atoms with van der Waals surface area (Å²) in [4.78, 5) is 40.4. The van der Waals surface area contributed by atoms with Crippen molar-refractivity contribution in [3.05, 3.63) is 45.7 Å². The van der Waals surface area contributed by atoms with E-state index in [1.807, 2.05) is 13.8 Å². The predicted molar refractivity (Wildman–Crippen MR) is 131 cm³/mol. The Morgan fingerprint density at radius 2 is 1.92 bits per heavy atom. The third kappa shape index (κ3) is 3.52. The molecule has 0 bridgehead atoms. The van der Waals surface area contributed by atoms with Crippen LogP contribution in [0, 0.1) is 29.6 Å². The number of fused-ring (bicyclic) bond motifs is 3. The maximum atomic E-state index is 13.8. The lowest BCUT2D eigenvalue weighted by Gasteiger charge is -2.50. The zero-order chi connectivity index (χ0) is 26.7. The molecule has 1 aromatic rings. The lowest BCUT2D eigenvalue weighted by atomic mass is 9.57. The van der Waals surface area contributed by atoms with E-state index in [0.29, 0.717) is 11.1 Å². The largest absolute Gasteiger partial charge is 0.508 e. The number of ketones is 2. The van der Waals surface area contributed by atoms with Gasteiger partial charge < -0.3 is 26.2 Å². The minimum absolute atomic E-state index is 0.0413. The van der Waals surface area contributed by atoms with Gasteiger partial charge in [0.2, 0.25) is 5.78 Å². The van der Waals surface area contributed by atoms with Gasteiger partial charge in [0.15, 0.2) is 11.4 Å². The quantitative estimate of drug-likeness (QED) is 0.311. The Balaban J connectivity index is 1.95. The van der Waals surface area contributed by atoms with E-state index in [1.165, 1.54) is 11.0 Å². The summed E-state index contributed by atoms with van der Waals surface area (Å²) in [5.74, 6) is -0.296. The summed E-state index contributed by atoms with van der Waals surface area (Å²) in [6.45, 7) is 4.00. The summed E-state index contributed by atoms with van der Waals surface area (Å²) >= 11 is 0. The molecule has 0 saturated heterocycles. The van der Waals surface area contributed by atoms with Crippen molar-refractivity contribution in [1.29, 1.82) is 0 Å². The molecule has 9 heteroatoms. The molecule has 9 nitrogen and oxygen atoms in total. The van der Waals surface area contributed by atoms with E-state index < -0.39 is 58.0 Å². The first kappa shape index (κ1) is 25.5. The SMILES string of the molecule is CCC(C)C#Cc1ccc(O)c2c1C[C@H]1C[C@H]3[C@@H](N(C)C)C(=O)C(C(N)=O)=C(O)[C@@]3(O)C(=O)C1=C2O. The second-order valence-electron chi connectivity index (χ2n) is 10.0. The predicted octanol–water partition coefficient (Wildman–Crippen LogP) is 1.36. The standard InChI is InChI=1S/C27H30N2O7/c1-5-12(2)6-7-13-8-9-17(30)19-15(13)10-14-11-16-21(29(3)4)23(32)20(26(28)35)25(34)27(16,36)24(33)18(14)22(19)31/h8-9,12,14,16,21,30-31,34,36H,5,10-11H2,1-4H3,(H2,28,35)/t12?,14-,16-,21+,27-/m0/s1. The van der Waals surface area contributed by atoms with Crippen LogP contribution in [0.15, 0.2) is 29.0 Å². The number of likely N-dealkylation sites (N-methyl/N-ethyl adjacent to an activating group) is 1. The van der Waals surface area contributed by atoms with Gasteiger partial charge in [0.05, 0.1) is 11.6 Å². The van der Waals surface area contributed by atoms with Crippen molar-refractivity contribution in [1.82, 2.24) is 4.90 Å². The van der Waals surface area contributed by atoms with Crippen LogP contribution in [0.25, 0.3) is 5.76 Å². The summed E-state index contributed by atoms with van der Waals surface area (Å²) in [6.07, 6.45) is 1.11. The highest BCUT2D eigenvalue weighted by molar-refractivity contribution is 6.24. The molecule has 0 aromatic heterocycles. The molecule has 3 aliphatic carbocycles. The molecule has 0 spiro atoms. The normalized spacial score (nSPS) is 28.2. The van der Waals surface area contributed by atoms with Crippen molar-refractivity contribution in [3.8, 4) is 17.6 Å². The number of rotatable bonds is 3. The van der Waals surface area contributed by atoms with Crippen molar-refractivity contribution in [3.63, 3.8) is 0 Å². The summed E-state index contributed by atoms with van der Waals surface area (Å²) in [5, 5.41) is 44.3. The van der Waals surface area contributed by atoms with Crippen LogP contribution >= 0.6 is 0 Å². The van der Waals surface area contributed by atoms with E-state index in [-0.39, 0.29) is 35.6 Å². The van der Waals surface area contributed by atoms with Crippen molar-refractivity contribution < 1.29 is 34.8 Å². The van der Waals surface area contributed by atoms with E-state index in [1.54, 1.807) is 20.2 Å². The molecule has 5 atom stereocenters. The molecule has 1 unspecified atom stereocenters. The van der Waals surface area contributed by atoms with Crippen molar-refractivity contribution in [2.24, 2.45) is 23.5 Å². The first-order valence-electron chi connectivity index (χ1n) is 11.9. The Morgan fingerprint density at radius 3 is 2.50 bits per heavy atom. The first-order chi connectivity index (χ1) is 16.9. The fourth-order valence-corrected chi connectivity index (χ4v) is 5.66. The maximum absolute atomic E-state index is 13.8. The third-order valence-electron chi connectivity index (χ3n) is 7.67. The molecular weight excluding hydrogens is 464 g/mol. The molecule has 36 heavy (non-hydrogen) atoms. The smallest absolute Gasteiger partial charge is 0.255 e. The van der Waals surface area contributed by atoms with Gasteiger partial charge in [-0.25, -0.2) is 0 Å². The summed E-state index contributed by atoms with van der Waals surface area (Å²) in [6, 6.07) is 1.92. The number of nitrogens with two attached hydrogens (primary N) is 1. The molecule has 1 aromatic carbocycles. The van der Waals surface area contributed by atoms with Gasteiger partial charge in [-0.3, -0.25) is 19.3 Å². The first-order valence-corrected chi connectivity index (χ1v) is 11.9. The van der Waals surface area contributed by atoms with Crippen molar-refractivity contribution >= 4 is 23.2 Å². The molecule has 1 fully saturated rings. The number of carbonyl (C=O) groups is 3. The zero-order valence-electron chi connectivity index (χ0n) is 20.6. The van der Waals surface area contributed by atoms with Crippen LogP contribution in [0.3, 0.4) is 0 Å². The van der Waals surface area contributed by atoms with Gasteiger partial charge in [0, 0.05) is 23.0 Å². The molecule has 6 N–H and O–H groups in total. The molecule has 0 aliphatic heterocycles. The maximum Gasteiger partial charge on any atom is 0.255 e. The molecule has 4 rings (SSSR count). The molecule has 0 radical (unpaired) electrons. The van der Waals surface area contributed by atoms with Crippen molar-refractivity contribution in [2.75, 3.05) is 14.1 Å². The average molecular weight is 495 g/mol. The van der Waals surface area contributed by atoms with Crippen LogP contribution in [0.5, 0.6) is 5.75 Å². The summed E-state index contributed by atoms with van der Waals surface area (Å²) in [5.41, 5.74) is 2.89. The van der Waals surface area contributed by atoms with E-state index in [9.17, 15) is 34.8 Å². The second-order valence-corrected chi connectivity index (χ2v) is 10.0. The molecule has 1 amide bonds. The van der Waals surface area contributed by atoms with Crippen LogP contribution < -0.4 is 5.73 Å². The van der Waals surface area contributed by atoms with Gasteiger partial charge in [-0.2, -0.15) is 0 Å². The van der Waals surface area contributed by atoms with Crippen molar-refractivity contribution in [2.45, 2.75) is 44.8 Å². The van der Waals surface area contributed by atoms with Crippen LogP contribution in [-0.2, 0) is 20.8 Å². The number of amides is 1. The van der Waals surface area contributed by atoms with Gasteiger partial charge in [-0.05, 0) is 57.0 Å². The summed E-state index contributed by atoms with van der Waals surface area (Å²) in [7, 11) is 3.13. The molecular formula is C27H30N2O7. The monoisotopic (exact) mass is 494 g/mol.